The molecule has 0 aliphatic rings. The van der Waals surface area contributed by atoms with Crippen LogP contribution in [0.15, 0.2) is 0 Å². The van der Waals surface area contributed by atoms with Crippen molar-refractivity contribution in [3.63, 3.8) is 0 Å². The van der Waals surface area contributed by atoms with Crippen LogP contribution in [-0.4, -0.2) is 41.2 Å². The summed E-state index contributed by atoms with van der Waals surface area (Å²) in [5.41, 5.74) is 0. The number of nitrogens with zero attached hydrogens (tertiary/aromatic N) is 2. The number of amides is 1. The van der Waals surface area contributed by atoms with Crippen molar-refractivity contribution in [1.29, 1.82) is 0 Å². The van der Waals surface area contributed by atoms with E-state index in [0.29, 0.717) is 22.6 Å². The molecule has 1 rings (SSSR count). The van der Waals surface area contributed by atoms with Crippen LogP contribution >= 0.6 is 23.1 Å². The fraction of sp³-hybridized carbons (Fsp3) is 0.700. The van der Waals surface area contributed by atoms with E-state index in [0.717, 1.165) is 12.3 Å². The van der Waals surface area contributed by atoms with Crippen molar-refractivity contribution >= 4 is 34.1 Å². The monoisotopic (exact) mass is 274 g/mol. The van der Waals surface area contributed by atoms with E-state index >= 15 is 0 Å². The Morgan fingerprint density at radius 1 is 1.53 bits per heavy atom. The van der Waals surface area contributed by atoms with Gasteiger partial charge in [0.05, 0.1) is 0 Å². The highest BCUT2D eigenvalue weighted by molar-refractivity contribution is 7.98. The van der Waals surface area contributed by atoms with Crippen molar-refractivity contribution in [3.05, 3.63) is 5.01 Å². The first-order valence-electron chi connectivity index (χ1n) is 5.51. The molecule has 0 aliphatic heterocycles. The number of nitrogens with one attached hydrogen (secondary N) is 2. The molecule has 0 radical (unpaired) electrons. The number of rotatable bonds is 7. The van der Waals surface area contributed by atoms with E-state index in [2.05, 4.69) is 34.0 Å². The summed E-state index contributed by atoms with van der Waals surface area (Å²) < 4.78 is 0. The van der Waals surface area contributed by atoms with Crippen LogP contribution in [0.4, 0.5) is 5.13 Å². The Kier molecular flexibility index (Phi) is 6.28. The van der Waals surface area contributed by atoms with Crippen LogP contribution in [0.5, 0.6) is 0 Å². The number of carbonyl (C=O) groups excluding carboxylic acids is 1. The van der Waals surface area contributed by atoms with Gasteiger partial charge in [0.25, 0.3) is 5.91 Å². The van der Waals surface area contributed by atoms with Gasteiger partial charge in [0.2, 0.25) is 10.1 Å². The first-order chi connectivity index (χ1) is 8.17. The van der Waals surface area contributed by atoms with Gasteiger partial charge in [-0.1, -0.05) is 18.3 Å². The quantitative estimate of drug-likeness (QED) is 0.792. The van der Waals surface area contributed by atoms with Gasteiger partial charge in [0.15, 0.2) is 0 Å². The number of aromatic nitrogens is 2. The minimum atomic E-state index is -0.139. The van der Waals surface area contributed by atoms with Crippen molar-refractivity contribution in [1.82, 2.24) is 15.5 Å². The van der Waals surface area contributed by atoms with Gasteiger partial charge in [-0.2, -0.15) is 11.8 Å². The molecule has 1 unspecified atom stereocenters. The lowest BCUT2D eigenvalue weighted by Crippen LogP contribution is -2.29. The van der Waals surface area contributed by atoms with Crippen molar-refractivity contribution in [2.75, 3.05) is 30.4 Å². The Morgan fingerprint density at radius 3 is 2.94 bits per heavy atom. The molecule has 5 nitrogen and oxygen atoms in total. The zero-order valence-electron chi connectivity index (χ0n) is 10.3. The Balaban J connectivity index is 2.40. The number of hydrogen-bond acceptors (Lipinski definition) is 6. The molecular weight excluding hydrogens is 256 g/mol. The maximum atomic E-state index is 11.7. The average Bonchev–Trinajstić information content (AvgIpc) is 2.75. The summed E-state index contributed by atoms with van der Waals surface area (Å²) in [6.07, 6.45) is 2.06. The minimum Gasteiger partial charge on any atom is -0.360 e. The standard InChI is InChI=1S/C10H18N4OS2/c1-4-11-10-14-13-9(17-10)8(15)12-5-7(2)6-16-3/h7H,4-6H2,1-3H3,(H,11,14)(H,12,15). The van der Waals surface area contributed by atoms with Crippen LogP contribution in [0.3, 0.4) is 0 Å². The fourth-order valence-electron chi connectivity index (χ4n) is 1.22. The molecule has 0 spiro atoms. The second kappa shape index (κ2) is 7.50. The predicted octanol–water partition coefficient (Wildman–Crippen LogP) is 1.70. The SMILES string of the molecule is CCNc1nnc(C(=O)NCC(C)CSC)s1. The van der Waals surface area contributed by atoms with Crippen molar-refractivity contribution < 1.29 is 4.79 Å². The number of anilines is 1. The smallest absolute Gasteiger partial charge is 0.282 e. The molecule has 0 aromatic carbocycles. The second-order valence-corrected chi connectivity index (χ2v) is 5.60. The Hall–Kier alpha value is -0.820. The molecule has 1 aromatic rings. The lowest BCUT2D eigenvalue weighted by atomic mass is 10.2. The number of thioether (sulfide) groups is 1. The van der Waals surface area contributed by atoms with E-state index in [1.807, 2.05) is 6.92 Å². The molecule has 96 valence electrons. The maximum Gasteiger partial charge on any atom is 0.282 e. The topological polar surface area (TPSA) is 66.9 Å². The molecule has 1 heterocycles. The number of carbonyl (C=O) groups is 1. The largest absolute Gasteiger partial charge is 0.360 e. The van der Waals surface area contributed by atoms with Crippen LogP contribution in [0.25, 0.3) is 0 Å². The fourth-order valence-corrected chi connectivity index (χ4v) is 2.64. The normalized spacial score (nSPS) is 12.2. The summed E-state index contributed by atoms with van der Waals surface area (Å²) in [6, 6.07) is 0. The summed E-state index contributed by atoms with van der Waals surface area (Å²) in [6.45, 7) is 5.54. The van der Waals surface area contributed by atoms with Crippen LogP contribution < -0.4 is 10.6 Å². The summed E-state index contributed by atoms with van der Waals surface area (Å²) in [7, 11) is 0. The van der Waals surface area contributed by atoms with Gasteiger partial charge in [-0.25, -0.2) is 0 Å². The van der Waals surface area contributed by atoms with E-state index in [1.54, 1.807) is 11.8 Å². The van der Waals surface area contributed by atoms with Crippen LogP contribution in [-0.2, 0) is 0 Å². The van der Waals surface area contributed by atoms with Gasteiger partial charge < -0.3 is 10.6 Å². The van der Waals surface area contributed by atoms with Crippen LogP contribution in [0.2, 0.25) is 0 Å². The third-order valence-corrected chi connectivity index (χ3v) is 3.79. The van der Waals surface area contributed by atoms with Crippen LogP contribution in [0.1, 0.15) is 23.6 Å². The lowest BCUT2D eigenvalue weighted by molar-refractivity contribution is 0.0948. The molecule has 0 saturated heterocycles. The molecule has 0 aliphatic carbocycles. The Morgan fingerprint density at radius 2 is 2.29 bits per heavy atom. The predicted molar refractivity (Wildman–Crippen MR) is 74.0 cm³/mol. The molecule has 2 N–H and O–H groups in total. The van der Waals surface area contributed by atoms with Crippen molar-refractivity contribution in [2.24, 2.45) is 5.92 Å². The van der Waals surface area contributed by atoms with Crippen molar-refractivity contribution in [3.8, 4) is 0 Å². The first-order valence-corrected chi connectivity index (χ1v) is 7.72. The third-order valence-electron chi connectivity index (χ3n) is 2.01. The average molecular weight is 274 g/mol. The van der Waals surface area contributed by atoms with Crippen LogP contribution in [0, 0.1) is 5.92 Å². The summed E-state index contributed by atoms with van der Waals surface area (Å²) in [4.78, 5) is 11.7. The molecule has 0 fully saturated rings. The Labute approximate surface area is 110 Å². The first kappa shape index (κ1) is 14.2. The lowest BCUT2D eigenvalue weighted by Gasteiger charge is -2.09. The van der Waals surface area contributed by atoms with Crippen molar-refractivity contribution in [2.45, 2.75) is 13.8 Å². The highest BCUT2D eigenvalue weighted by atomic mass is 32.2. The maximum absolute atomic E-state index is 11.7. The van der Waals surface area contributed by atoms with E-state index in [-0.39, 0.29) is 5.91 Å². The molecule has 17 heavy (non-hydrogen) atoms. The molecule has 1 atom stereocenters. The molecule has 0 bridgehead atoms. The molecule has 1 amide bonds. The zero-order chi connectivity index (χ0) is 12.7. The second-order valence-electron chi connectivity index (χ2n) is 3.71. The van der Waals surface area contributed by atoms with Gasteiger partial charge in [0.1, 0.15) is 0 Å². The van der Waals surface area contributed by atoms with E-state index in [9.17, 15) is 4.79 Å². The third kappa shape index (κ3) is 4.91. The molecular formula is C10H18N4OS2. The van der Waals surface area contributed by atoms with Gasteiger partial charge >= 0.3 is 0 Å². The minimum absolute atomic E-state index is 0.139. The summed E-state index contributed by atoms with van der Waals surface area (Å²) in [5.74, 6) is 1.37. The number of hydrogen-bond donors (Lipinski definition) is 2. The summed E-state index contributed by atoms with van der Waals surface area (Å²) in [5, 5.41) is 14.7. The highest BCUT2D eigenvalue weighted by Crippen LogP contribution is 2.14. The van der Waals surface area contributed by atoms with E-state index in [1.165, 1.54) is 11.3 Å². The highest BCUT2D eigenvalue weighted by Gasteiger charge is 2.13. The zero-order valence-corrected chi connectivity index (χ0v) is 12.0. The van der Waals surface area contributed by atoms with Gasteiger partial charge in [-0.15, -0.1) is 10.2 Å². The molecule has 7 heteroatoms. The van der Waals surface area contributed by atoms with E-state index in [4.69, 9.17) is 0 Å². The van der Waals surface area contributed by atoms with Gasteiger partial charge in [0, 0.05) is 13.1 Å². The molecule has 1 aromatic heterocycles. The summed E-state index contributed by atoms with van der Waals surface area (Å²) >= 11 is 3.06. The molecule has 0 saturated carbocycles. The Bertz CT molecular complexity index is 356. The van der Waals surface area contributed by atoms with Gasteiger partial charge in [-0.3, -0.25) is 4.79 Å². The van der Waals surface area contributed by atoms with E-state index < -0.39 is 0 Å². The van der Waals surface area contributed by atoms with Gasteiger partial charge in [-0.05, 0) is 24.9 Å².